The summed E-state index contributed by atoms with van der Waals surface area (Å²) in [6.07, 6.45) is 3.43. The maximum Gasteiger partial charge on any atom is 0.244 e. The van der Waals surface area contributed by atoms with E-state index < -0.39 is 10.0 Å². The van der Waals surface area contributed by atoms with Crippen LogP contribution in [0.2, 0.25) is 0 Å². The number of aryl methyl sites for hydroxylation is 1. The summed E-state index contributed by atoms with van der Waals surface area (Å²) in [5.74, 6) is 1.44. The van der Waals surface area contributed by atoms with E-state index in [1.807, 2.05) is 6.92 Å². The Hall–Kier alpha value is -2.98. The number of aromatic nitrogens is 4. The molecule has 0 aliphatic carbocycles. The summed E-state index contributed by atoms with van der Waals surface area (Å²) < 4.78 is 34.3. The van der Waals surface area contributed by atoms with Crippen LogP contribution in [0.3, 0.4) is 0 Å². The van der Waals surface area contributed by atoms with Gasteiger partial charge in [0.25, 0.3) is 0 Å². The summed E-state index contributed by atoms with van der Waals surface area (Å²) in [5, 5.41) is 15.2. The number of ether oxygens (including phenoxy) is 1. The quantitative estimate of drug-likeness (QED) is 0.561. The molecule has 0 saturated carbocycles. The minimum atomic E-state index is -3.68. The van der Waals surface area contributed by atoms with Gasteiger partial charge in [-0.3, -0.25) is 0 Å². The number of rotatable bonds is 8. The van der Waals surface area contributed by atoms with Crippen molar-refractivity contribution in [1.29, 1.82) is 0 Å². The van der Waals surface area contributed by atoms with Crippen LogP contribution in [0.5, 0.6) is 5.75 Å². The fourth-order valence-corrected chi connectivity index (χ4v) is 3.68. The lowest BCUT2D eigenvalue weighted by atomic mass is 10.2. The number of hydrogen-bond donors (Lipinski definition) is 2. The average molecular weight is 388 g/mol. The fraction of sp³-hybridized carbons (Fsp3) is 0.235. The zero-order valence-corrected chi connectivity index (χ0v) is 15.8. The molecule has 0 spiro atoms. The topological polar surface area (TPSA) is 111 Å². The molecule has 27 heavy (non-hydrogen) atoms. The van der Waals surface area contributed by atoms with Crippen molar-refractivity contribution in [2.75, 3.05) is 25.5 Å². The third-order valence-electron chi connectivity index (χ3n) is 3.72. The lowest BCUT2D eigenvalue weighted by Crippen LogP contribution is -2.29. The lowest BCUT2D eigenvalue weighted by Gasteiger charge is -2.12. The van der Waals surface area contributed by atoms with Crippen molar-refractivity contribution in [2.24, 2.45) is 0 Å². The number of hydrogen-bond acceptors (Lipinski definition) is 7. The van der Waals surface area contributed by atoms with Crippen molar-refractivity contribution in [3.63, 3.8) is 0 Å². The predicted octanol–water partition coefficient (Wildman–Crippen LogP) is 1.37. The second-order valence-corrected chi connectivity index (χ2v) is 7.44. The van der Waals surface area contributed by atoms with Crippen LogP contribution in [0.25, 0.3) is 5.82 Å². The van der Waals surface area contributed by atoms with Gasteiger partial charge in [-0.1, -0.05) is 6.07 Å². The zero-order valence-electron chi connectivity index (χ0n) is 15.0. The van der Waals surface area contributed by atoms with Crippen molar-refractivity contribution < 1.29 is 13.2 Å². The summed E-state index contributed by atoms with van der Waals surface area (Å²) in [6.45, 7) is 2.36. The van der Waals surface area contributed by atoms with Crippen molar-refractivity contribution >= 4 is 15.8 Å². The molecular formula is C17H20N6O3S. The van der Waals surface area contributed by atoms with E-state index in [9.17, 15) is 8.42 Å². The fourth-order valence-electron chi connectivity index (χ4n) is 2.39. The minimum absolute atomic E-state index is 0.119. The molecule has 0 saturated heterocycles. The molecule has 0 radical (unpaired) electrons. The molecule has 0 bridgehead atoms. The summed E-state index contributed by atoms with van der Waals surface area (Å²) in [5.41, 5.74) is 0.835. The molecule has 0 aliphatic rings. The normalized spacial score (nSPS) is 11.3. The zero-order chi connectivity index (χ0) is 19.3. The van der Waals surface area contributed by atoms with E-state index in [-0.39, 0.29) is 11.4 Å². The number of methoxy groups -OCH3 is 1. The largest absolute Gasteiger partial charge is 0.495 e. The Morgan fingerprint density at radius 2 is 2.00 bits per heavy atom. The van der Waals surface area contributed by atoms with Gasteiger partial charge in [0, 0.05) is 25.5 Å². The summed E-state index contributed by atoms with van der Waals surface area (Å²) in [4.78, 5) is 0.119. The Bertz CT molecular complexity index is 988. The minimum Gasteiger partial charge on any atom is -0.495 e. The van der Waals surface area contributed by atoms with Crippen molar-refractivity contribution in [3.05, 3.63) is 54.4 Å². The third kappa shape index (κ3) is 4.60. The molecule has 0 amide bonds. The number of anilines is 1. The first-order valence-electron chi connectivity index (χ1n) is 8.21. The van der Waals surface area contributed by atoms with E-state index in [2.05, 4.69) is 25.3 Å². The van der Waals surface area contributed by atoms with Gasteiger partial charge in [-0.25, -0.2) is 17.8 Å². The van der Waals surface area contributed by atoms with Crippen molar-refractivity contribution in [3.8, 4) is 11.6 Å². The maximum absolute atomic E-state index is 12.5. The van der Waals surface area contributed by atoms with Crippen LogP contribution in [-0.4, -0.2) is 48.6 Å². The molecular weight excluding hydrogens is 368 g/mol. The molecule has 3 aromatic rings. The van der Waals surface area contributed by atoms with Crippen molar-refractivity contribution in [2.45, 2.75) is 11.8 Å². The second-order valence-electron chi connectivity index (χ2n) is 5.71. The van der Waals surface area contributed by atoms with Gasteiger partial charge in [-0.2, -0.15) is 5.10 Å². The van der Waals surface area contributed by atoms with Crippen LogP contribution < -0.4 is 14.8 Å². The van der Waals surface area contributed by atoms with Gasteiger partial charge in [0.1, 0.15) is 16.5 Å². The Morgan fingerprint density at radius 3 is 2.67 bits per heavy atom. The van der Waals surface area contributed by atoms with Gasteiger partial charge in [-0.05, 0) is 42.8 Å². The Morgan fingerprint density at radius 1 is 1.15 bits per heavy atom. The van der Waals surface area contributed by atoms with Gasteiger partial charge in [0.15, 0.2) is 5.82 Å². The maximum atomic E-state index is 12.5. The van der Waals surface area contributed by atoms with Crippen LogP contribution in [0, 0.1) is 6.92 Å². The van der Waals surface area contributed by atoms with E-state index in [1.54, 1.807) is 53.5 Å². The van der Waals surface area contributed by atoms with E-state index >= 15 is 0 Å². The summed E-state index contributed by atoms with van der Waals surface area (Å²) in [6, 6.07) is 10.3. The third-order valence-corrected chi connectivity index (χ3v) is 5.20. The highest BCUT2D eigenvalue weighted by Gasteiger charge is 2.19. The monoisotopic (exact) mass is 388 g/mol. The van der Waals surface area contributed by atoms with Gasteiger partial charge >= 0.3 is 0 Å². The number of sulfonamides is 1. The number of nitrogens with zero attached hydrogens (tertiary/aromatic N) is 4. The SMILES string of the molecule is COc1ccc(C)cc1S(=O)(=O)NCCNc1ccc(-n2cccn2)nn1. The molecule has 0 aliphatic heterocycles. The average Bonchev–Trinajstić information content (AvgIpc) is 3.20. The Labute approximate surface area is 157 Å². The first-order valence-corrected chi connectivity index (χ1v) is 9.70. The smallest absolute Gasteiger partial charge is 0.244 e. The molecule has 2 aromatic heterocycles. The lowest BCUT2D eigenvalue weighted by molar-refractivity contribution is 0.402. The van der Waals surface area contributed by atoms with Crippen LogP contribution in [0.15, 0.2) is 53.7 Å². The molecule has 10 heteroatoms. The van der Waals surface area contributed by atoms with E-state index in [4.69, 9.17) is 4.74 Å². The van der Waals surface area contributed by atoms with Crippen LogP contribution in [0.4, 0.5) is 5.82 Å². The highest BCUT2D eigenvalue weighted by Crippen LogP contribution is 2.24. The van der Waals surface area contributed by atoms with E-state index in [0.717, 1.165) is 5.56 Å². The molecule has 1 aromatic carbocycles. The van der Waals surface area contributed by atoms with Gasteiger partial charge in [0.05, 0.1) is 7.11 Å². The first kappa shape index (κ1) is 18.8. The van der Waals surface area contributed by atoms with E-state index in [0.29, 0.717) is 23.9 Å². The molecule has 9 nitrogen and oxygen atoms in total. The van der Waals surface area contributed by atoms with Crippen LogP contribution in [-0.2, 0) is 10.0 Å². The van der Waals surface area contributed by atoms with Crippen LogP contribution in [0.1, 0.15) is 5.56 Å². The molecule has 0 atom stereocenters. The number of nitrogens with one attached hydrogen (secondary N) is 2. The highest BCUT2D eigenvalue weighted by molar-refractivity contribution is 7.89. The molecule has 3 rings (SSSR count). The van der Waals surface area contributed by atoms with Crippen molar-refractivity contribution in [1.82, 2.24) is 24.7 Å². The standard InChI is InChI=1S/C17H20N6O3S/c1-13-4-5-14(26-2)15(12-13)27(24,25)20-10-9-18-16-6-7-17(22-21-16)23-11-3-8-19-23/h3-8,11-12,20H,9-10H2,1-2H3,(H,18,21). The summed E-state index contributed by atoms with van der Waals surface area (Å²) in [7, 11) is -2.24. The summed E-state index contributed by atoms with van der Waals surface area (Å²) >= 11 is 0. The number of benzene rings is 1. The second kappa shape index (κ2) is 8.14. The molecule has 2 N–H and O–H groups in total. The van der Waals surface area contributed by atoms with Crippen LogP contribution >= 0.6 is 0 Å². The molecule has 142 valence electrons. The van der Waals surface area contributed by atoms with Gasteiger partial charge < -0.3 is 10.1 Å². The molecule has 0 fully saturated rings. The first-order chi connectivity index (χ1) is 13.0. The highest BCUT2D eigenvalue weighted by atomic mass is 32.2. The van der Waals surface area contributed by atoms with E-state index in [1.165, 1.54) is 7.11 Å². The van der Waals surface area contributed by atoms with Gasteiger partial charge in [-0.15, -0.1) is 10.2 Å². The molecule has 2 heterocycles. The Balaban J connectivity index is 1.56. The predicted molar refractivity (Wildman–Crippen MR) is 101 cm³/mol. The Kier molecular flexibility index (Phi) is 5.67. The molecule has 0 unspecified atom stereocenters. The van der Waals surface area contributed by atoms with Gasteiger partial charge in [0.2, 0.25) is 10.0 Å².